The maximum Gasteiger partial charge on any atom is 0.155 e. The lowest BCUT2D eigenvalue weighted by atomic mass is 9.90. The van der Waals surface area contributed by atoms with Crippen LogP contribution < -0.4 is 5.32 Å². The zero-order chi connectivity index (χ0) is 7.68. The Hall–Kier alpha value is -0.790. The fraction of sp³-hybridized carbons (Fsp3) is 0.667. The fourth-order valence-corrected chi connectivity index (χ4v) is 1.88. The quantitative estimate of drug-likeness (QED) is 0.566. The molecule has 1 N–H and O–H groups in total. The number of Topliss-reactive ketones (excluding diaryl/α,β-unsaturated/α-hetero) is 1. The number of allylic oxidation sites excluding steroid dienone is 2. The summed E-state index contributed by atoms with van der Waals surface area (Å²) in [4.78, 5) is 11.0. The normalized spacial score (nSPS) is 24.5. The van der Waals surface area contributed by atoms with Gasteiger partial charge in [-0.3, -0.25) is 4.79 Å². The van der Waals surface area contributed by atoms with E-state index >= 15 is 0 Å². The van der Waals surface area contributed by atoms with Crippen molar-refractivity contribution in [2.45, 2.75) is 32.1 Å². The largest absolute Gasteiger partial charge is 0.381 e. The van der Waals surface area contributed by atoms with E-state index in [9.17, 15) is 4.79 Å². The van der Waals surface area contributed by atoms with Gasteiger partial charge < -0.3 is 5.32 Å². The van der Waals surface area contributed by atoms with E-state index in [0.717, 1.165) is 12.8 Å². The molecule has 0 unspecified atom stereocenters. The van der Waals surface area contributed by atoms with Crippen LogP contribution in [0.5, 0.6) is 0 Å². The lowest BCUT2D eigenvalue weighted by molar-refractivity contribution is -0.117. The van der Waals surface area contributed by atoms with Gasteiger partial charge in [-0.05, 0) is 31.3 Å². The van der Waals surface area contributed by atoms with Crippen molar-refractivity contribution in [3.05, 3.63) is 11.3 Å². The van der Waals surface area contributed by atoms with Gasteiger partial charge in [-0.25, -0.2) is 0 Å². The molecule has 1 aliphatic carbocycles. The van der Waals surface area contributed by atoms with Crippen LogP contribution in [0.25, 0.3) is 0 Å². The first-order valence-electron chi connectivity index (χ1n) is 4.33. The van der Waals surface area contributed by atoms with Gasteiger partial charge in [-0.15, -0.1) is 0 Å². The van der Waals surface area contributed by atoms with E-state index < -0.39 is 0 Å². The highest BCUT2D eigenvalue weighted by Gasteiger charge is 2.19. The zero-order valence-corrected chi connectivity index (χ0v) is 6.65. The lowest BCUT2D eigenvalue weighted by Gasteiger charge is -2.25. The summed E-state index contributed by atoms with van der Waals surface area (Å²) in [5.74, 6) is 0.352. The van der Waals surface area contributed by atoms with Crippen LogP contribution in [0, 0.1) is 0 Å². The number of ketones is 1. The molecule has 0 bridgehead atoms. The van der Waals surface area contributed by atoms with E-state index in [2.05, 4.69) is 5.32 Å². The molecule has 11 heavy (non-hydrogen) atoms. The van der Waals surface area contributed by atoms with Crippen molar-refractivity contribution in [2.75, 3.05) is 6.54 Å². The van der Waals surface area contributed by atoms with Crippen molar-refractivity contribution < 1.29 is 4.79 Å². The first-order valence-corrected chi connectivity index (χ1v) is 4.33. The second-order valence-electron chi connectivity index (χ2n) is 3.36. The van der Waals surface area contributed by atoms with Gasteiger partial charge in [0.2, 0.25) is 0 Å². The van der Waals surface area contributed by atoms with Gasteiger partial charge in [-0.1, -0.05) is 0 Å². The standard InChI is InChI=1S/C9H13NO/c11-8-5-7-3-1-2-4-9(7)10-6-8/h10H,1-6H2. The van der Waals surface area contributed by atoms with Crippen LogP contribution in [0.3, 0.4) is 0 Å². The molecule has 0 amide bonds. The highest BCUT2D eigenvalue weighted by atomic mass is 16.1. The molecule has 2 rings (SSSR count). The molecule has 2 nitrogen and oxygen atoms in total. The molecule has 2 aliphatic rings. The van der Waals surface area contributed by atoms with Crippen LogP contribution in [0.2, 0.25) is 0 Å². The highest BCUT2D eigenvalue weighted by Crippen LogP contribution is 2.27. The fourth-order valence-electron chi connectivity index (χ4n) is 1.88. The molecule has 1 heterocycles. The number of carbonyl (C=O) groups is 1. The van der Waals surface area contributed by atoms with Gasteiger partial charge in [-0.2, -0.15) is 0 Å². The minimum Gasteiger partial charge on any atom is -0.381 e. The molecule has 2 heteroatoms. The Kier molecular flexibility index (Phi) is 1.68. The van der Waals surface area contributed by atoms with Crippen molar-refractivity contribution in [3.63, 3.8) is 0 Å². The first kappa shape index (κ1) is 6.89. The average Bonchev–Trinajstić information content (AvgIpc) is 2.04. The Morgan fingerprint density at radius 2 is 2.00 bits per heavy atom. The van der Waals surface area contributed by atoms with Gasteiger partial charge in [0.05, 0.1) is 6.54 Å². The van der Waals surface area contributed by atoms with Crippen molar-refractivity contribution in [1.29, 1.82) is 0 Å². The molecular weight excluding hydrogens is 138 g/mol. The molecule has 0 radical (unpaired) electrons. The smallest absolute Gasteiger partial charge is 0.155 e. The number of carbonyl (C=O) groups excluding carboxylic acids is 1. The van der Waals surface area contributed by atoms with Crippen LogP contribution in [-0.2, 0) is 4.79 Å². The molecule has 60 valence electrons. The maximum absolute atomic E-state index is 11.0. The summed E-state index contributed by atoms with van der Waals surface area (Å²) in [6.07, 6.45) is 5.60. The molecule has 0 atom stereocenters. The number of hydrogen-bond acceptors (Lipinski definition) is 2. The Morgan fingerprint density at radius 3 is 2.91 bits per heavy atom. The Labute approximate surface area is 66.7 Å². The summed E-state index contributed by atoms with van der Waals surface area (Å²) < 4.78 is 0. The van der Waals surface area contributed by atoms with E-state index in [-0.39, 0.29) is 0 Å². The summed E-state index contributed by atoms with van der Waals surface area (Å²) in [7, 11) is 0. The van der Waals surface area contributed by atoms with Gasteiger partial charge in [0.25, 0.3) is 0 Å². The van der Waals surface area contributed by atoms with Gasteiger partial charge >= 0.3 is 0 Å². The summed E-state index contributed by atoms with van der Waals surface area (Å²) in [5, 5.41) is 3.20. The highest BCUT2D eigenvalue weighted by molar-refractivity contribution is 5.84. The SMILES string of the molecule is O=C1CNC2=C(CCCC2)C1. The average molecular weight is 151 g/mol. The molecule has 0 saturated heterocycles. The third-order valence-electron chi connectivity index (χ3n) is 2.49. The van der Waals surface area contributed by atoms with Crippen molar-refractivity contribution in [3.8, 4) is 0 Å². The number of nitrogens with one attached hydrogen (secondary N) is 1. The summed E-state index contributed by atoms with van der Waals surface area (Å²) in [5.41, 5.74) is 2.75. The molecule has 0 aromatic heterocycles. The molecule has 0 aromatic rings. The lowest BCUT2D eigenvalue weighted by Crippen LogP contribution is -2.30. The molecule has 0 aromatic carbocycles. The molecule has 0 fully saturated rings. The Morgan fingerprint density at radius 1 is 1.18 bits per heavy atom. The second kappa shape index (κ2) is 2.68. The third-order valence-corrected chi connectivity index (χ3v) is 2.49. The maximum atomic E-state index is 11.0. The molecule has 1 aliphatic heterocycles. The van der Waals surface area contributed by atoms with E-state index in [1.54, 1.807) is 0 Å². The minimum atomic E-state index is 0.352. The monoisotopic (exact) mass is 151 g/mol. The Bertz CT molecular complexity index is 218. The summed E-state index contributed by atoms with van der Waals surface area (Å²) >= 11 is 0. The molecular formula is C9H13NO. The van der Waals surface area contributed by atoms with Crippen molar-refractivity contribution >= 4 is 5.78 Å². The first-order chi connectivity index (χ1) is 5.36. The van der Waals surface area contributed by atoms with Crippen LogP contribution in [0.15, 0.2) is 11.3 Å². The van der Waals surface area contributed by atoms with Crippen molar-refractivity contribution in [1.82, 2.24) is 5.32 Å². The van der Waals surface area contributed by atoms with Crippen LogP contribution >= 0.6 is 0 Å². The molecule has 0 spiro atoms. The van der Waals surface area contributed by atoms with Crippen LogP contribution in [0.4, 0.5) is 0 Å². The summed E-state index contributed by atoms with van der Waals surface area (Å²) in [6, 6.07) is 0. The van der Waals surface area contributed by atoms with E-state index in [1.165, 1.54) is 30.5 Å². The van der Waals surface area contributed by atoms with Gasteiger partial charge in [0, 0.05) is 12.1 Å². The molecule has 0 saturated carbocycles. The van der Waals surface area contributed by atoms with E-state index in [1.807, 2.05) is 0 Å². The van der Waals surface area contributed by atoms with Crippen LogP contribution in [-0.4, -0.2) is 12.3 Å². The topological polar surface area (TPSA) is 29.1 Å². The van der Waals surface area contributed by atoms with E-state index in [0.29, 0.717) is 12.3 Å². The zero-order valence-electron chi connectivity index (χ0n) is 6.65. The minimum absolute atomic E-state index is 0.352. The summed E-state index contributed by atoms with van der Waals surface area (Å²) in [6.45, 7) is 0.568. The number of hydrogen-bond donors (Lipinski definition) is 1. The Balaban J connectivity index is 2.18. The van der Waals surface area contributed by atoms with Crippen molar-refractivity contribution in [2.24, 2.45) is 0 Å². The number of rotatable bonds is 0. The predicted octanol–water partition coefficient (Wildman–Crippen LogP) is 1.38. The predicted molar refractivity (Wildman–Crippen MR) is 43.1 cm³/mol. The second-order valence-corrected chi connectivity index (χ2v) is 3.36. The third kappa shape index (κ3) is 1.30. The van der Waals surface area contributed by atoms with Crippen LogP contribution in [0.1, 0.15) is 32.1 Å². The van der Waals surface area contributed by atoms with Gasteiger partial charge in [0.1, 0.15) is 0 Å². The van der Waals surface area contributed by atoms with Gasteiger partial charge in [0.15, 0.2) is 5.78 Å². The van der Waals surface area contributed by atoms with E-state index in [4.69, 9.17) is 0 Å².